The SMILES string of the molecule is CN1CCc2c(C=O)cc(Br)cc2C1. The zero-order chi connectivity index (χ0) is 10.1. The predicted octanol–water partition coefficient (Wildman–Crippen LogP) is 2.25. The molecule has 1 heterocycles. The molecule has 0 aromatic heterocycles. The number of fused-ring (bicyclic) bond motifs is 1. The Bertz CT molecular complexity index is 376. The third-order valence-electron chi connectivity index (χ3n) is 2.65. The van der Waals surface area contributed by atoms with E-state index in [0.29, 0.717) is 0 Å². The van der Waals surface area contributed by atoms with E-state index in [4.69, 9.17) is 0 Å². The van der Waals surface area contributed by atoms with Crippen LogP contribution < -0.4 is 0 Å². The van der Waals surface area contributed by atoms with Crippen LogP contribution in [0.3, 0.4) is 0 Å². The van der Waals surface area contributed by atoms with Gasteiger partial charge in [-0.1, -0.05) is 15.9 Å². The van der Waals surface area contributed by atoms with Gasteiger partial charge in [0.05, 0.1) is 0 Å². The largest absolute Gasteiger partial charge is 0.302 e. The van der Waals surface area contributed by atoms with Crippen LogP contribution in [-0.2, 0) is 13.0 Å². The molecule has 1 aliphatic rings. The van der Waals surface area contributed by atoms with Crippen molar-refractivity contribution in [2.45, 2.75) is 13.0 Å². The summed E-state index contributed by atoms with van der Waals surface area (Å²) >= 11 is 3.42. The molecule has 0 N–H and O–H groups in total. The minimum atomic E-state index is 0.836. The lowest BCUT2D eigenvalue weighted by molar-refractivity contribution is 0.112. The molecule has 74 valence electrons. The normalized spacial score (nSPS) is 16.4. The molecule has 0 saturated heterocycles. The Morgan fingerprint density at radius 2 is 2.29 bits per heavy atom. The van der Waals surface area contributed by atoms with E-state index < -0.39 is 0 Å². The molecule has 1 aromatic carbocycles. The molecule has 0 fully saturated rings. The van der Waals surface area contributed by atoms with E-state index in [2.05, 4.69) is 33.9 Å². The van der Waals surface area contributed by atoms with Crippen LogP contribution in [0.25, 0.3) is 0 Å². The molecule has 0 aliphatic carbocycles. The second kappa shape index (κ2) is 3.83. The van der Waals surface area contributed by atoms with Gasteiger partial charge in [0.15, 0.2) is 0 Å². The van der Waals surface area contributed by atoms with Crippen LogP contribution in [0.15, 0.2) is 16.6 Å². The maximum atomic E-state index is 10.9. The van der Waals surface area contributed by atoms with Crippen LogP contribution in [0.1, 0.15) is 21.5 Å². The molecule has 2 rings (SSSR count). The maximum Gasteiger partial charge on any atom is 0.150 e. The van der Waals surface area contributed by atoms with E-state index in [0.717, 1.165) is 35.8 Å². The molecule has 0 spiro atoms. The molecule has 1 aliphatic heterocycles. The minimum absolute atomic E-state index is 0.836. The summed E-state index contributed by atoms with van der Waals surface area (Å²) in [6.45, 7) is 1.98. The molecule has 2 nitrogen and oxygen atoms in total. The van der Waals surface area contributed by atoms with E-state index in [1.54, 1.807) is 0 Å². The topological polar surface area (TPSA) is 20.3 Å². The van der Waals surface area contributed by atoms with E-state index in [-0.39, 0.29) is 0 Å². The monoisotopic (exact) mass is 253 g/mol. The number of carbonyl (C=O) groups excluding carboxylic acids is 1. The Morgan fingerprint density at radius 1 is 1.50 bits per heavy atom. The standard InChI is InChI=1S/C11H12BrNO/c1-13-3-2-11-8(6-13)4-10(12)5-9(11)7-14/h4-5,7H,2-3,6H2,1H3. The Hall–Kier alpha value is -0.670. The van der Waals surface area contributed by atoms with Crippen molar-refractivity contribution in [1.82, 2.24) is 4.90 Å². The number of rotatable bonds is 1. The molecule has 14 heavy (non-hydrogen) atoms. The van der Waals surface area contributed by atoms with E-state index in [1.165, 1.54) is 11.1 Å². The fourth-order valence-electron chi connectivity index (χ4n) is 1.94. The fourth-order valence-corrected chi connectivity index (χ4v) is 2.46. The molecular formula is C11H12BrNO. The molecule has 0 amide bonds. The summed E-state index contributed by atoms with van der Waals surface area (Å²) in [5, 5.41) is 0. The lowest BCUT2D eigenvalue weighted by Crippen LogP contribution is -2.27. The van der Waals surface area contributed by atoms with Crippen molar-refractivity contribution in [3.05, 3.63) is 33.3 Å². The highest BCUT2D eigenvalue weighted by Gasteiger charge is 2.16. The second-order valence-corrected chi connectivity index (χ2v) is 4.65. The van der Waals surface area contributed by atoms with Crippen molar-refractivity contribution in [3.8, 4) is 0 Å². The number of hydrogen-bond acceptors (Lipinski definition) is 2. The smallest absolute Gasteiger partial charge is 0.150 e. The lowest BCUT2D eigenvalue weighted by atomic mass is 9.95. The summed E-state index contributed by atoms with van der Waals surface area (Å²) in [6.07, 6.45) is 1.93. The van der Waals surface area contributed by atoms with Crippen molar-refractivity contribution in [2.24, 2.45) is 0 Å². The number of benzene rings is 1. The third-order valence-corrected chi connectivity index (χ3v) is 3.11. The third kappa shape index (κ3) is 1.74. The van der Waals surface area contributed by atoms with E-state index in [9.17, 15) is 4.79 Å². The number of likely N-dealkylation sites (N-methyl/N-ethyl adjacent to an activating group) is 1. The Kier molecular flexibility index (Phi) is 2.70. The first-order valence-electron chi connectivity index (χ1n) is 4.65. The van der Waals surface area contributed by atoms with Crippen LogP contribution in [0.5, 0.6) is 0 Å². The molecule has 0 saturated carbocycles. The first-order chi connectivity index (χ1) is 6.70. The van der Waals surface area contributed by atoms with Gasteiger partial charge < -0.3 is 4.90 Å². The lowest BCUT2D eigenvalue weighted by Gasteiger charge is -2.26. The van der Waals surface area contributed by atoms with Crippen LogP contribution in [-0.4, -0.2) is 24.8 Å². The van der Waals surface area contributed by atoms with Crippen LogP contribution in [0, 0.1) is 0 Å². The summed E-state index contributed by atoms with van der Waals surface area (Å²) in [5.74, 6) is 0. The van der Waals surface area contributed by atoms with Crippen molar-refractivity contribution in [2.75, 3.05) is 13.6 Å². The molecule has 0 radical (unpaired) electrons. The average molecular weight is 254 g/mol. The molecule has 0 atom stereocenters. The number of carbonyl (C=O) groups is 1. The first kappa shape index (κ1) is 9.87. The summed E-state index contributed by atoms with van der Waals surface area (Å²) in [4.78, 5) is 13.1. The van der Waals surface area contributed by atoms with Gasteiger partial charge in [-0.2, -0.15) is 0 Å². The zero-order valence-electron chi connectivity index (χ0n) is 8.09. The highest BCUT2D eigenvalue weighted by Crippen LogP contribution is 2.25. The highest BCUT2D eigenvalue weighted by molar-refractivity contribution is 9.10. The van der Waals surface area contributed by atoms with Crippen LogP contribution in [0.2, 0.25) is 0 Å². The Balaban J connectivity index is 2.51. The zero-order valence-corrected chi connectivity index (χ0v) is 9.67. The number of halogens is 1. The summed E-state index contributed by atoms with van der Waals surface area (Å²) < 4.78 is 0.994. The first-order valence-corrected chi connectivity index (χ1v) is 5.45. The molecule has 0 bridgehead atoms. The fraction of sp³-hybridized carbons (Fsp3) is 0.364. The van der Waals surface area contributed by atoms with Gasteiger partial charge in [-0.25, -0.2) is 0 Å². The van der Waals surface area contributed by atoms with Crippen LogP contribution >= 0.6 is 15.9 Å². The Morgan fingerprint density at radius 3 is 3.00 bits per heavy atom. The Labute approximate surface area is 92.0 Å². The second-order valence-electron chi connectivity index (χ2n) is 3.74. The van der Waals surface area contributed by atoms with Crippen molar-refractivity contribution < 1.29 is 4.79 Å². The number of aldehydes is 1. The number of nitrogens with zero attached hydrogens (tertiary/aromatic N) is 1. The van der Waals surface area contributed by atoms with Gasteiger partial charge in [0.1, 0.15) is 6.29 Å². The van der Waals surface area contributed by atoms with Crippen LogP contribution in [0.4, 0.5) is 0 Å². The maximum absolute atomic E-state index is 10.9. The van der Waals surface area contributed by atoms with Gasteiger partial charge in [-0.15, -0.1) is 0 Å². The van der Waals surface area contributed by atoms with Gasteiger partial charge >= 0.3 is 0 Å². The number of hydrogen-bond donors (Lipinski definition) is 0. The van der Waals surface area contributed by atoms with Gasteiger partial charge in [0, 0.05) is 23.1 Å². The summed E-state index contributed by atoms with van der Waals surface area (Å²) in [5.41, 5.74) is 3.33. The minimum Gasteiger partial charge on any atom is -0.302 e. The molecule has 1 aromatic rings. The van der Waals surface area contributed by atoms with Gasteiger partial charge in [0.2, 0.25) is 0 Å². The summed E-state index contributed by atoms with van der Waals surface area (Å²) in [7, 11) is 2.10. The van der Waals surface area contributed by atoms with E-state index in [1.807, 2.05) is 6.07 Å². The van der Waals surface area contributed by atoms with Gasteiger partial charge in [0.25, 0.3) is 0 Å². The average Bonchev–Trinajstić information content (AvgIpc) is 2.15. The summed E-state index contributed by atoms with van der Waals surface area (Å²) in [6, 6.07) is 4.01. The van der Waals surface area contributed by atoms with Crippen molar-refractivity contribution >= 4 is 22.2 Å². The molecule has 0 unspecified atom stereocenters. The molecule has 3 heteroatoms. The highest BCUT2D eigenvalue weighted by atomic mass is 79.9. The van der Waals surface area contributed by atoms with Crippen molar-refractivity contribution in [1.29, 1.82) is 0 Å². The molecular weight excluding hydrogens is 242 g/mol. The quantitative estimate of drug-likeness (QED) is 0.716. The van der Waals surface area contributed by atoms with Gasteiger partial charge in [-0.3, -0.25) is 4.79 Å². The predicted molar refractivity (Wildman–Crippen MR) is 59.6 cm³/mol. The van der Waals surface area contributed by atoms with Gasteiger partial charge in [-0.05, 0) is 36.7 Å². The van der Waals surface area contributed by atoms with E-state index >= 15 is 0 Å². The van der Waals surface area contributed by atoms with Crippen molar-refractivity contribution in [3.63, 3.8) is 0 Å².